The zero-order valence-electron chi connectivity index (χ0n) is 12.6. The maximum absolute atomic E-state index is 11.6. The molecule has 0 bridgehead atoms. The van der Waals surface area contributed by atoms with Gasteiger partial charge in [0.2, 0.25) is 0 Å². The van der Waals surface area contributed by atoms with Gasteiger partial charge in [0.15, 0.2) is 0 Å². The molecule has 0 spiro atoms. The fourth-order valence-electron chi connectivity index (χ4n) is 2.08. The number of carboxylic acids is 1. The van der Waals surface area contributed by atoms with E-state index in [1.807, 2.05) is 31.2 Å². The number of hydrogen-bond donors (Lipinski definition) is 1. The van der Waals surface area contributed by atoms with E-state index in [-0.39, 0.29) is 5.57 Å². The third-order valence-corrected chi connectivity index (χ3v) is 3.15. The molecule has 0 radical (unpaired) electrons. The van der Waals surface area contributed by atoms with E-state index in [1.165, 1.54) is 0 Å². The SMILES string of the molecule is CCOc1ccccc1/C=C(/C(=O)O)c1ccc(OC)cc1. The van der Waals surface area contributed by atoms with Crippen molar-refractivity contribution >= 4 is 17.6 Å². The van der Waals surface area contributed by atoms with Crippen LogP contribution in [0.5, 0.6) is 11.5 Å². The normalized spacial score (nSPS) is 11.1. The predicted octanol–water partition coefficient (Wildman–Crippen LogP) is 3.72. The van der Waals surface area contributed by atoms with E-state index < -0.39 is 5.97 Å². The molecule has 0 amide bonds. The van der Waals surface area contributed by atoms with Crippen LogP contribution in [0.3, 0.4) is 0 Å². The van der Waals surface area contributed by atoms with E-state index in [0.717, 1.165) is 5.56 Å². The van der Waals surface area contributed by atoms with Crippen LogP contribution in [-0.4, -0.2) is 24.8 Å². The molecular weight excluding hydrogens is 280 g/mol. The number of aliphatic carboxylic acids is 1. The second kappa shape index (κ2) is 7.31. The van der Waals surface area contributed by atoms with E-state index in [0.29, 0.717) is 23.7 Å². The lowest BCUT2D eigenvalue weighted by molar-refractivity contribution is -0.130. The van der Waals surface area contributed by atoms with Crippen LogP contribution in [0, 0.1) is 0 Å². The predicted molar refractivity (Wildman–Crippen MR) is 86.1 cm³/mol. The Morgan fingerprint density at radius 1 is 1.14 bits per heavy atom. The van der Waals surface area contributed by atoms with Gasteiger partial charge >= 0.3 is 5.97 Å². The molecule has 4 nitrogen and oxygen atoms in total. The van der Waals surface area contributed by atoms with Crippen molar-refractivity contribution in [3.05, 3.63) is 59.7 Å². The van der Waals surface area contributed by atoms with Crippen molar-refractivity contribution in [2.75, 3.05) is 13.7 Å². The molecule has 0 aromatic heterocycles. The molecule has 0 saturated heterocycles. The van der Waals surface area contributed by atoms with Crippen molar-refractivity contribution in [2.45, 2.75) is 6.92 Å². The highest BCUT2D eigenvalue weighted by Crippen LogP contribution is 2.26. The second-order valence-corrected chi connectivity index (χ2v) is 4.56. The maximum Gasteiger partial charge on any atom is 0.336 e. The average Bonchev–Trinajstić information content (AvgIpc) is 2.54. The summed E-state index contributed by atoms with van der Waals surface area (Å²) in [5.74, 6) is 0.358. The maximum atomic E-state index is 11.6. The fraction of sp³-hybridized carbons (Fsp3) is 0.167. The largest absolute Gasteiger partial charge is 0.497 e. The van der Waals surface area contributed by atoms with Gasteiger partial charge in [-0.25, -0.2) is 4.79 Å². The summed E-state index contributed by atoms with van der Waals surface area (Å²) >= 11 is 0. The molecular formula is C18H18O4. The van der Waals surface area contributed by atoms with Crippen LogP contribution in [0.15, 0.2) is 48.5 Å². The van der Waals surface area contributed by atoms with Crippen LogP contribution in [0.4, 0.5) is 0 Å². The highest BCUT2D eigenvalue weighted by Gasteiger charge is 2.12. The second-order valence-electron chi connectivity index (χ2n) is 4.56. The van der Waals surface area contributed by atoms with E-state index in [2.05, 4.69) is 0 Å². The molecule has 2 aromatic carbocycles. The summed E-state index contributed by atoms with van der Waals surface area (Å²) in [6.45, 7) is 2.41. The lowest BCUT2D eigenvalue weighted by Crippen LogP contribution is -2.00. The third kappa shape index (κ3) is 3.67. The van der Waals surface area contributed by atoms with Crippen molar-refractivity contribution in [1.82, 2.24) is 0 Å². The molecule has 0 aliphatic heterocycles. The first-order valence-corrected chi connectivity index (χ1v) is 6.97. The summed E-state index contributed by atoms with van der Waals surface area (Å²) < 4.78 is 10.6. The zero-order valence-corrected chi connectivity index (χ0v) is 12.6. The third-order valence-electron chi connectivity index (χ3n) is 3.15. The van der Waals surface area contributed by atoms with Gasteiger partial charge in [0, 0.05) is 5.56 Å². The van der Waals surface area contributed by atoms with Gasteiger partial charge in [0.25, 0.3) is 0 Å². The molecule has 0 aliphatic rings. The summed E-state index contributed by atoms with van der Waals surface area (Å²) in [4.78, 5) is 11.6. The molecule has 1 N–H and O–H groups in total. The molecule has 4 heteroatoms. The Morgan fingerprint density at radius 2 is 1.82 bits per heavy atom. The molecule has 0 saturated carbocycles. The van der Waals surface area contributed by atoms with Crippen LogP contribution in [0.25, 0.3) is 11.6 Å². The van der Waals surface area contributed by atoms with Gasteiger partial charge in [-0.2, -0.15) is 0 Å². The molecule has 22 heavy (non-hydrogen) atoms. The van der Waals surface area contributed by atoms with Gasteiger partial charge in [-0.1, -0.05) is 30.3 Å². The Hall–Kier alpha value is -2.75. The van der Waals surface area contributed by atoms with Crippen LogP contribution in [0.1, 0.15) is 18.1 Å². The zero-order chi connectivity index (χ0) is 15.9. The van der Waals surface area contributed by atoms with Crippen LogP contribution in [0.2, 0.25) is 0 Å². The number of benzene rings is 2. The number of rotatable bonds is 6. The highest BCUT2D eigenvalue weighted by molar-refractivity contribution is 6.20. The van der Waals surface area contributed by atoms with Crippen molar-refractivity contribution < 1.29 is 19.4 Å². The van der Waals surface area contributed by atoms with E-state index in [4.69, 9.17) is 9.47 Å². The molecule has 2 aromatic rings. The lowest BCUT2D eigenvalue weighted by atomic mass is 10.0. The number of carboxylic acid groups (broad SMARTS) is 1. The van der Waals surface area contributed by atoms with Crippen molar-refractivity contribution in [1.29, 1.82) is 0 Å². The minimum absolute atomic E-state index is 0.204. The first kappa shape index (κ1) is 15.6. The first-order valence-electron chi connectivity index (χ1n) is 6.97. The summed E-state index contributed by atoms with van der Waals surface area (Å²) in [6, 6.07) is 14.3. The number of carbonyl (C=O) groups is 1. The smallest absolute Gasteiger partial charge is 0.336 e. The van der Waals surface area contributed by atoms with Gasteiger partial charge < -0.3 is 14.6 Å². The van der Waals surface area contributed by atoms with Crippen molar-refractivity contribution in [2.24, 2.45) is 0 Å². The van der Waals surface area contributed by atoms with E-state index in [9.17, 15) is 9.90 Å². The standard InChI is InChI=1S/C18H18O4/c1-3-22-17-7-5-4-6-14(17)12-16(18(19)20)13-8-10-15(21-2)11-9-13/h4-12H,3H2,1-2H3,(H,19,20)/b16-12+. The minimum Gasteiger partial charge on any atom is -0.497 e. The lowest BCUT2D eigenvalue weighted by Gasteiger charge is -2.09. The highest BCUT2D eigenvalue weighted by atomic mass is 16.5. The Kier molecular flexibility index (Phi) is 5.20. The van der Waals surface area contributed by atoms with E-state index >= 15 is 0 Å². The van der Waals surface area contributed by atoms with Crippen molar-refractivity contribution in [3.8, 4) is 11.5 Å². The van der Waals surface area contributed by atoms with Gasteiger partial charge in [0.05, 0.1) is 19.3 Å². The minimum atomic E-state index is -0.989. The van der Waals surface area contributed by atoms with Gasteiger partial charge in [-0.3, -0.25) is 0 Å². The summed E-state index contributed by atoms with van der Waals surface area (Å²) in [5.41, 5.74) is 1.55. The Balaban J connectivity index is 2.45. The molecule has 0 heterocycles. The number of para-hydroxylation sites is 1. The van der Waals surface area contributed by atoms with Gasteiger partial charge in [0.1, 0.15) is 11.5 Å². The molecule has 0 aliphatic carbocycles. The number of hydrogen-bond acceptors (Lipinski definition) is 3. The Bertz CT molecular complexity index is 672. The van der Waals surface area contributed by atoms with Crippen LogP contribution < -0.4 is 9.47 Å². The monoisotopic (exact) mass is 298 g/mol. The Morgan fingerprint density at radius 3 is 2.41 bits per heavy atom. The quantitative estimate of drug-likeness (QED) is 0.652. The Labute approximate surface area is 129 Å². The van der Waals surface area contributed by atoms with Crippen LogP contribution in [-0.2, 0) is 4.79 Å². The fourth-order valence-corrected chi connectivity index (χ4v) is 2.08. The number of methoxy groups -OCH3 is 1. The van der Waals surface area contributed by atoms with Gasteiger partial charge in [-0.05, 0) is 36.8 Å². The molecule has 114 valence electrons. The molecule has 0 unspecified atom stereocenters. The topological polar surface area (TPSA) is 55.8 Å². The average molecular weight is 298 g/mol. The number of ether oxygens (including phenoxy) is 2. The first-order chi connectivity index (χ1) is 10.7. The summed E-state index contributed by atoms with van der Waals surface area (Å²) in [7, 11) is 1.57. The van der Waals surface area contributed by atoms with Crippen LogP contribution >= 0.6 is 0 Å². The summed E-state index contributed by atoms with van der Waals surface area (Å²) in [6.07, 6.45) is 1.62. The molecule has 0 atom stereocenters. The van der Waals surface area contributed by atoms with E-state index in [1.54, 1.807) is 37.5 Å². The molecule has 2 rings (SSSR count). The summed E-state index contributed by atoms with van der Waals surface area (Å²) in [5, 5.41) is 9.49. The van der Waals surface area contributed by atoms with Gasteiger partial charge in [-0.15, -0.1) is 0 Å². The molecule has 0 fully saturated rings. The van der Waals surface area contributed by atoms with Crippen molar-refractivity contribution in [3.63, 3.8) is 0 Å².